The van der Waals surface area contributed by atoms with Crippen LogP contribution in [0, 0.1) is 0 Å². The van der Waals surface area contributed by atoms with E-state index in [0.717, 1.165) is 47.2 Å². The Kier molecular flexibility index (Phi) is 4.24. The molecule has 0 saturated carbocycles. The van der Waals surface area contributed by atoms with Crippen LogP contribution in [0.2, 0.25) is 0 Å². The molecule has 2 aromatic carbocycles. The van der Waals surface area contributed by atoms with E-state index in [1.54, 1.807) is 24.3 Å². The Hall–Kier alpha value is -2.32. The molecule has 3 aromatic rings. The van der Waals surface area contributed by atoms with Gasteiger partial charge in [0, 0.05) is 32.4 Å². The summed E-state index contributed by atoms with van der Waals surface area (Å²) in [5, 5.41) is 10.9. The molecule has 4 rings (SSSR count). The summed E-state index contributed by atoms with van der Waals surface area (Å²) in [6.45, 7) is 3.18. The molecule has 1 aromatic heterocycles. The summed E-state index contributed by atoms with van der Waals surface area (Å²) >= 11 is 1.52. The van der Waals surface area contributed by atoms with Crippen LogP contribution in [0.4, 0.5) is 10.8 Å². The van der Waals surface area contributed by atoms with Crippen molar-refractivity contribution in [3.05, 3.63) is 42.5 Å². The Morgan fingerprint density at radius 1 is 1.04 bits per heavy atom. The molecule has 1 fully saturated rings. The summed E-state index contributed by atoms with van der Waals surface area (Å²) in [7, 11) is -3.22. The molecule has 26 heavy (non-hydrogen) atoms. The molecule has 0 atom stereocenters. The number of anilines is 2. The molecule has 1 aliphatic rings. The highest BCUT2D eigenvalue weighted by molar-refractivity contribution is 7.90. The van der Waals surface area contributed by atoms with Crippen molar-refractivity contribution in [3.8, 4) is 5.75 Å². The number of benzene rings is 2. The topological polar surface area (TPSA) is 73.7 Å². The maximum Gasteiger partial charge on any atom is 0.186 e. The van der Waals surface area contributed by atoms with Gasteiger partial charge in [-0.1, -0.05) is 23.5 Å². The molecule has 8 heteroatoms. The minimum atomic E-state index is -3.22. The van der Waals surface area contributed by atoms with Crippen LogP contribution in [-0.2, 0) is 9.84 Å². The average molecular weight is 390 g/mol. The van der Waals surface area contributed by atoms with E-state index >= 15 is 0 Å². The third-order valence-electron chi connectivity index (χ3n) is 4.55. The number of piperazine rings is 1. The van der Waals surface area contributed by atoms with Gasteiger partial charge in [-0.2, -0.15) is 0 Å². The number of para-hydroxylation sites is 2. The summed E-state index contributed by atoms with van der Waals surface area (Å²) in [6, 6.07) is 12.4. The minimum absolute atomic E-state index is 0.300. The Morgan fingerprint density at radius 2 is 1.73 bits per heavy atom. The fraction of sp³-hybridized carbons (Fsp3) is 0.278. The maximum atomic E-state index is 11.7. The van der Waals surface area contributed by atoms with Crippen molar-refractivity contribution < 1.29 is 13.5 Å². The van der Waals surface area contributed by atoms with E-state index in [1.807, 2.05) is 18.2 Å². The predicted molar refractivity (Wildman–Crippen MR) is 105 cm³/mol. The van der Waals surface area contributed by atoms with Gasteiger partial charge in [-0.25, -0.2) is 13.4 Å². The number of sulfone groups is 1. The summed E-state index contributed by atoms with van der Waals surface area (Å²) in [6.07, 6.45) is 1.22. The van der Waals surface area contributed by atoms with E-state index in [9.17, 15) is 13.5 Å². The van der Waals surface area contributed by atoms with E-state index in [0.29, 0.717) is 10.6 Å². The number of phenolic OH excluding ortho intramolecular Hbond substituents is 1. The van der Waals surface area contributed by atoms with Crippen molar-refractivity contribution in [2.45, 2.75) is 4.90 Å². The summed E-state index contributed by atoms with van der Waals surface area (Å²) in [5.41, 5.74) is 1.68. The fourth-order valence-electron chi connectivity index (χ4n) is 3.13. The zero-order chi connectivity index (χ0) is 18.3. The van der Waals surface area contributed by atoms with Crippen molar-refractivity contribution in [2.24, 2.45) is 0 Å². The van der Waals surface area contributed by atoms with Crippen LogP contribution in [0.3, 0.4) is 0 Å². The molecule has 0 aliphatic carbocycles. The monoisotopic (exact) mass is 389 g/mol. The molecule has 1 aliphatic heterocycles. The van der Waals surface area contributed by atoms with E-state index in [1.165, 1.54) is 17.6 Å². The Labute approximate surface area is 156 Å². The van der Waals surface area contributed by atoms with Gasteiger partial charge in [-0.15, -0.1) is 0 Å². The van der Waals surface area contributed by atoms with E-state index < -0.39 is 9.84 Å². The molecule has 0 spiro atoms. The van der Waals surface area contributed by atoms with Gasteiger partial charge in [-0.3, -0.25) is 0 Å². The highest BCUT2D eigenvalue weighted by atomic mass is 32.2. The highest BCUT2D eigenvalue weighted by Crippen LogP contribution is 2.32. The molecular formula is C18H19N3O3S2. The van der Waals surface area contributed by atoms with Crippen molar-refractivity contribution in [2.75, 3.05) is 42.2 Å². The van der Waals surface area contributed by atoms with Crippen LogP contribution >= 0.6 is 11.3 Å². The maximum absolute atomic E-state index is 11.7. The first kappa shape index (κ1) is 17.1. The standard InChI is InChI=1S/C18H19N3O3S2/c1-26(23,24)13-6-7-14-17(12-13)25-18(19-14)21-10-8-20(9-11-21)15-4-2-3-5-16(15)22/h2-7,12,22H,8-11H2,1H3. The van der Waals surface area contributed by atoms with Gasteiger partial charge in [0.15, 0.2) is 15.0 Å². The summed E-state index contributed by atoms with van der Waals surface area (Å²) < 4.78 is 24.3. The zero-order valence-electron chi connectivity index (χ0n) is 14.3. The Morgan fingerprint density at radius 3 is 2.42 bits per heavy atom. The molecule has 2 heterocycles. The van der Waals surface area contributed by atoms with Gasteiger partial charge in [0.25, 0.3) is 0 Å². The zero-order valence-corrected chi connectivity index (χ0v) is 15.9. The lowest BCUT2D eigenvalue weighted by Crippen LogP contribution is -2.46. The molecule has 0 amide bonds. The molecule has 0 unspecified atom stereocenters. The quantitative estimate of drug-likeness (QED) is 0.743. The Balaban J connectivity index is 1.53. The number of phenols is 1. The largest absolute Gasteiger partial charge is 0.506 e. The lowest BCUT2D eigenvalue weighted by molar-refractivity contribution is 0.472. The van der Waals surface area contributed by atoms with Gasteiger partial charge in [0.05, 0.1) is 20.8 Å². The number of rotatable bonds is 3. The smallest absolute Gasteiger partial charge is 0.186 e. The third-order valence-corrected chi connectivity index (χ3v) is 6.74. The first-order valence-electron chi connectivity index (χ1n) is 8.30. The number of hydrogen-bond acceptors (Lipinski definition) is 7. The molecule has 1 saturated heterocycles. The van der Waals surface area contributed by atoms with Crippen molar-refractivity contribution in [3.63, 3.8) is 0 Å². The second-order valence-electron chi connectivity index (χ2n) is 6.36. The van der Waals surface area contributed by atoms with Crippen molar-refractivity contribution in [1.29, 1.82) is 0 Å². The fourth-order valence-corrected chi connectivity index (χ4v) is 4.91. The number of thiazole rings is 1. The van der Waals surface area contributed by atoms with Gasteiger partial charge in [0.2, 0.25) is 0 Å². The van der Waals surface area contributed by atoms with Crippen LogP contribution in [0.15, 0.2) is 47.4 Å². The minimum Gasteiger partial charge on any atom is -0.506 e. The molecule has 0 radical (unpaired) electrons. The lowest BCUT2D eigenvalue weighted by Gasteiger charge is -2.36. The predicted octanol–water partition coefficient (Wildman–Crippen LogP) is 2.73. The van der Waals surface area contributed by atoms with E-state index in [2.05, 4.69) is 14.8 Å². The highest BCUT2D eigenvalue weighted by Gasteiger charge is 2.21. The van der Waals surface area contributed by atoms with Crippen LogP contribution in [0.5, 0.6) is 5.75 Å². The Bertz CT molecular complexity index is 1050. The van der Waals surface area contributed by atoms with Crippen LogP contribution < -0.4 is 9.80 Å². The number of hydrogen-bond donors (Lipinski definition) is 1. The SMILES string of the molecule is CS(=O)(=O)c1ccc2nc(N3CCN(c4ccccc4O)CC3)sc2c1. The van der Waals surface area contributed by atoms with Crippen LogP contribution in [0.25, 0.3) is 10.2 Å². The van der Waals surface area contributed by atoms with Gasteiger partial charge in [0.1, 0.15) is 5.75 Å². The third kappa shape index (κ3) is 3.22. The lowest BCUT2D eigenvalue weighted by atomic mass is 10.2. The summed E-state index contributed by atoms with van der Waals surface area (Å²) in [4.78, 5) is 9.36. The van der Waals surface area contributed by atoms with Crippen LogP contribution in [0.1, 0.15) is 0 Å². The van der Waals surface area contributed by atoms with Crippen molar-refractivity contribution >= 4 is 42.2 Å². The van der Waals surface area contributed by atoms with Crippen LogP contribution in [-0.4, -0.2) is 50.9 Å². The number of aromatic hydroxyl groups is 1. The molecule has 136 valence electrons. The van der Waals surface area contributed by atoms with E-state index in [4.69, 9.17) is 0 Å². The first-order chi connectivity index (χ1) is 12.4. The van der Waals surface area contributed by atoms with Gasteiger partial charge < -0.3 is 14.9 Å². The van der Waals surface area contributed by atoms with Crippen molar-refractivity contribution in [1.82, 2.24) is 4.98 Å². The second kappa shape index (κ2) is 6.44. The van der Waals surface area contributed by atoms with Gasteiger partial charge in [-0.05, 0) is 30.3 Å². The molecule has 1 N–H and O–H groups in total. The second-order valence-corrected chi connectivity index (χ2v) is 9.39. The normalized spacial score (nSPS) is 15.6. The number of aromatic nitrogens is 1. The average Bonchev–Trinajstić information content (AvgIpc) is 3.05. The number of fused-ring (bicyclic) bond motifs is 1. The molecular weight excluding hydrogens is 370 g/mol. The molecule has 0 bridgehead atoms. The number of nitrogens with zero attached hydrogens (tertiary/aromatic N) is 3. The molecule has 6 nitrogen and oxygen atoms in total. The first-order valence-corrected chi connectivity index (χ1v) is 11.0. The summed E-state index contributed by atoms with van der Waals surface area (Å²) in [5.74, 6) is 0.300. The van der Waals surface area contributed by atoms with E-state index in [-0.39, 0.29) is 0 Å². The van der Waals surface area contributed by atoms with Gasteiger partial charge >= 0.3 is 0 Å².